The number of likely N-dealkylation sites (tertiary alicyclic amines) is 1. The van der Waals surface area contributed by atoms with Gasteiger partial charge in [0.2, 0.25) is 5.76 Å². The van der Waals surface area contributed by atoms with E-state index in [4.69, 9.17) is 9.52 Å². The van der Waals surface area contributed by atoms with Crippen LogP contribution in [-0.4, -0.2) is 29.1 Å². The van der Waals surface area contributed by atoms with Crippen molar-refractivity contribution < 1.29 is 14.3 Å². The zero-order valence-corrected chi connectivity index (χ0v) is 11.2. The number of carboxylic acid groups (broad SMARTS) is 1. The van der Waals surface area contributed by atoms with Gasteiger partial charge in [-0.3, -0.25) is 4.90 Å². The van der Waals surface area contributed by atoms with Gasteiger partial charge in [-0.2, -0.15) is 0 Å². The number of rotatable bonds is 4. The average Bonchev–Trinajstić information content (AvgIpc) is 3.09. The Hall–Kier alpha value is -2.07. The molecule has 1 aliphatic heterocycles. The third kappa shape index (κ3) is 2.60. The average molecular weight is 271 g/mol. The first-order valence-corrected chi connectivity index (χ1v) is 6.81. The molecule has 1 N–H and O–H groups in total. The lowest BCUT2D eigenvalue weighted by Crippen LogP contribution is -2.20. The highest BCUT2D eigenvalue weighted by molar-refractivity contribution is 5.86. The molecule has 2 aromatic rings. The first kappa shape index (κ1) is 12.9. The highest BCUT2D eigenvalue weighted by atomic mass is 16.4. The summed E-state index contributed by atoms with van der Waals surface area (Å²) in [6.07, 6.45) is 2.56. The number of furan rings is 1. The lowest BCUT2D eigenvalue weighted by Gasteiger charge is -2.15. The Kier molecular flexibility index (Phi) is 3.56. The van der Waals surface area contributed by atoms with Gasteiger partial charge in [0, 0.05) is 18.7 Å². The molecular formula is C16H17NO3. The van der Waals surface area contributed by atoms with E-state index in [2.05, 4.69) is 29.2 Å². The van der Waals surface area contributed by atoms with Crippen molar-refractivity contribution in [2.75, 3.05) is 13.1 Å². The molecule has 1 aromatic heterocycles. The van der Waals surface area contributed by atoms with Gasteiger partial charge in [-0.1, -0.05) is 30.3 Å². The molecule has 20 heavy (non-hydrogen) atoms. The minimum Gasteiger partial charge on any atom is -0.475 e. The fourth-order valence-corrected chi connectivity index (χ4v) is 2.86. The Labute approximate surface area is 117 Å². The van der Waals surface area contributed by atoms with Crippen LogP contribution in [0.2, 0.25) is 0 Å². The molecule has 1 aromatic carbocycles. The molecule has 0 amide bonds. The summed E-state index contributed by atoms with van der Waals surface area (Å²) < 4.78 is 5.02. The van der Waals surface area contributed by atoms with Gasteiger partial charge in [0.15, 0.2) is 0 Å². The first-order chi connectivity index (χ1) is 9.74. The summed E-state index contributed by atoms with van der Waals surface area (Å²) in [7, 11) is 0. The minimum absolute atomic E-state index is 0.0631. The highest BCUT2D eigenvalue weighted by Gasteiger charge is 2.25. The quantitative estimate of drug-likeness (QED) is 0.928. The number of carbonyl (C=O) groups is 1. The standard InChI is InChI=1S/C16H17NO3/c18-16(19)15-14(7-9-20-15)11-17-8-6-13(10-17)12-4-2-1-3-5-12/h1-5,7,9,13H,6,8,10-11H2,(H,18,19). The molecule has 1 saturated heterocycles. The Morgan fingerprint density at radius 3 is 2.85 bits per heavy atom. The lowest BCUT2D eigenvalue weighted by molar-refractivity contribution is 0.0659. The number of hydrogen-bond acceptors (Lipinski definition) is 3. The van der Waals surface area contributed by atoms with Crippen LogP contribution in [0.25, 0.3) is 0 Å². The van der Waals surface area contributed by atoms with E-state index in [1.165, 1.54) is 11.8 Å². The smallest absolute Gasteiger partial charge is 0.372 e. The summed E-state index contributed by atoms with van der Waals surface area (Å²) in [5.74, 6) is -0.395. The van der Waals surface area contributed by atoms with Crippen LogP contribution in [0, 0.1) is 0 Å². The van der Waals surface area contributed by atoms with Gasteiger partial charge in [-0.15, -0.1) is 0 Å². The van der Waals surface area contributed by atoms with E-state index in [9.17, 15) is 4.79 Å². The fourth-order valence-electron chi connectivity index (χ4n) is 2.86. The van der Waals surface area contributed by atoms with Gasteiger partial charge >= 0.3 is 5.97 Å². The van der Waals surface area contributed by atoms with Crippen LogP contribution in [0.4, 0.5) is 0 Å². The Bertz CT molecular complexity index is 591. The van der Waals surface area contributed by atoms with E-state index in [0.717, 1.165) is 25.1 Å². The highest BCUT2D eigenvalue weighted by Crippen LogP contribution is 2.28. The predicted molar refractivity (Wildman–Crippen MR) is 74.7 cm³/mol. The molecule has 0 radical (unpaired) electrons. The van der Waals surface area contributed by atoms with Crippen molar-refractivity contribution in [1.82, 2.24) is 4.90 Å². The maximum Gasteiger partial charge on any atom is 0.372 e. The number of nitrogens with zero attached hydrogens (tertiary/aromatic N) is 1. The normalized spacial score (nSPS) is 19.3. The van der Waals surface area contributed by atoms with Crippen LogP contribution in [0.3, 0.4) is 0 Å². The monoisotopic (exact) mass is 271 g/mol. The van der Waals surface area contributed by atoms with E-state index in [0.29, 0.717) is 12.5 Å². The van der Waals surface area contributed by atoms with Crippen molar-refractivity contribution in [3.8, 4) is 0 Å². The summed E-state index contributed by atoms with van der Waals surface area (Å²) >= 11 is 0. The summed E-state index contributed by atoms with van der Waals surface area (Å²) in [5, 5.41) is 9.05. The Balaban J connectivity index is 1.66. The van der Waals surface area contributed by atoms with E-state index in [1.807, 2.05) is 6.07 Å². The molecule has 4 nitrogen and oxygen atoms in total. The van der Waals surface area contributed by atoms with Crippen molar-refractivity contribution in [3.05, 3.63) is 59.5 Å². The maximum absolute atomic E-state index is 11.0. The van der Waals surface area contributed by atoms with Crippen molar-refractivity contribution in [1.29, 1.82) is 0 Å². The topological polar surface area (TPSA) is 53.7 Å². The summed E-state index contributed by atoms with van der Waals surface area (Å²) in [5.41, 5.74) is 2.12. The van der Waals surface area contributed by atoms with E-state index >= 15 is 0 Å². The second kappa shape index (κ2) is 5.51. The molecule has 104 valence electrons. The molecule has 2 heterocycles. The third-order valence-corrected chi connectivity index (χ3v) is 3.88. The molecule has 3 rings (SSSR count). The van der Waals surface area contributed by atoms with E-state index in [-0.39, 0.29) is 5.76 Å². The zero-order chi connectivity index (χ0) is 13.9. The molecule has 0 spiro atoms. The van der Waals surface area contributed by atoms with Crippen LogP contribution in [-0.2, 0) is 6.54 Å². The van der Waals surface area contributed by atoms with Gasteiger partial charge in [0.1, 0.15) is 0 Å². The van der Waals surface area contributed by atoms with Gasteiger partial charge < -0.3 is 9.52 Å². The third-order valence-electron chi connectivity index (χ3n) is 3.88. The number of hydrogen-bond donors (Lipinski definition) is 1. The molecule has 4 heteroatoms. The first-order valence-electron chi connectivity index (χ1n) is 6.81. The van der Waals surface area contributed by atoms with Crippen LogP contribution >= 0.6 is 0 Å². The van der Waals surface area contributed by atoms with Crippen LogP contribution < -0.4 is 0 Å². The molecular weight excluding hydrogens is 254 g/mol. The maximum atomic E-state index is 11.0. The van der Waals surface area contributed by atoms with Crippen LogP contribution in [0.15, 0.2) is 47.1 Å². The summed E-state index contributed by atoms with van der Waals surface area (Å²) in [6.45, 7) is 2.60. The molecule has 1 unspecified atom stereocenters. The second-order valence-corrected chi connectivity index (χ2v) is 5.21. The Morgan fingerprint density at radius 1 is 1.30 bits per heavy atom. The van der Waals surface area contributed by atoms with Crippen molar-refractivity contribution in [2.45, 2.75) is 18.9 Å². The summed E-state index contributed by atoms with van der Waals surface area (Å²) in [4.78, 5) is 13.3. The lowest BCUT2D eigenvalue weighted by atomic mass is 9.99. The van der Waals surface area contributed by atoms with Gasteiger partial charge in [-0.25, -0.2) is 4.79 Å². The Morgan fingerprint density at radius 2 is 2.10 bits per heavy atom. The second-order valence-electron chi connectivity index (χ2n) is 5.21. The number of benzene rings is 1. The van der Waals surface area contributed by atoms with E-state index in [1.54, 1.807) is 6.07 Å². The van der Waals surface area contributed by atoms with Gasteiger partial charge in [-0.05, 0) is 30.5 Å². The SMILES string of the molecule is O=C(O)c1occc1CN1CCC(c2ccccc2)C1. The predicted octanol–water partition coefficient (Wildman–Crippen LogP) is 2.97. The van der Waals surface area contributed by atoms with Crippen molar-refractivity contribution in [2.24, 2.45) is 0 Å². The van der Waals surface area contributed by atoms with Crippen molar-refractivity contribution >= 4 is 5.97 Å². The van der Waals surface area contributed by atoms with Crippen LogP contribution in [0.5, 0.6) is 0 Å². The van der Waals surface area contributed by atoms with Gasteiger partial charge in [0.25, 0.3) is 0 Å². The molecule has 1 fully saturated rings. The molecule has 0 bridgehead atoms. The van der Waals surface area contributed by atoms with Gasteiger partial charge in [0.05, 0.1) is 6.26 Å². The summed E-state index contributed by atoms with van der Waals surface area (Å²) in [6, 6.07) is 12.2. The number of carboxylic acids is 1. The molecule has 0 saturated carbocycles. The molecule has 1 aliphatic rings. The fraction of sp³-hybridized carbons (Fsp3) is 0.312. The molecule has 0 aliphatic carbocycles. The van der Waals surface area contributed by atoms with E-state index < -0.39 is 5.97 Å². The largest absolute Gasteiger partial charge is 0.475 e. The zero-order valence-electron chi connectivity index (χ0n) is 11.2. The minimum atomic E-state index is -0.996. The number of aromatic carboxylic acids is 1. The van der Waals surface area contributed by atoms with Crippen LogP contribution in [0.1, 0.15) is 34.0 Å². The molecule has 1 atom stereocenters. The van der Waals surface area contributed by atoms with Crippen molar-refractivity contribution in [3.63, 3.8) is 0 Å².